The molecule has 0 aromatic heterocycles. The number of carboxylic acid groups (broad SMARTS) is 1. The first kappa shape index (κ1) is 13.8. The van der Waals surface area contributed by atoms with E-state index in [0.717, 1.165) is 44.4 Å². The molecule has 0 saturated heterocycles. The van der Waals surface area contributed by atoms with Gasteiger partial charge in [0.15, 0.2) is 0 Å². The third kappa shape index (κ3) is 3.04. The lowest BCUT2D eigenvalue weighted by Crippen LogP contribution is -2.53. The van der Waals surface area contributed by atoms with Crippen LogP contribution in [-0.4, -0.2) is 34.4 Å². The van der Waals surface area contributed by atoms with Crippen LogP contribution in [-0.2, 0) is 4.79 Å². The molecule has 2 atom stereocenters. The number of nitrogens with one attached hydrogen (secondary N) is 1. The molecule has 2 aliphatic rings. The highest BCUT2D eigenvalue weighted by Crippen LogP contribution is 2.34. The van der Waals surface area contributed by atoms with Crippen LogP contribution in [0.1, 0.15) is 51.9 Å². The van der Waals surface area contributed by atoms with E-state index in [9.17, 15) is 9.90 Å². The molecule has 0 bridgehead atoms. The normalized spacial score (nSPS) is 40.2. The van der Waals surface area contributed by atoms with Crippen molar-refractivity contribution in [3.05, 3.63) is 0 Å². The van der Waals surface area contributed by atoms with E-state index in [-0.39, 0.29) is 12.0 Å². The third-order valence-corrected chi connectivity index (χ3v) is 4.90. The molecular formula is C14H25NO3. The van der Waals surface area contributed by atoms with Crippen LogP contribution in [0.4, 0.5) is 0 Å². The number of carbonyl (C=O) groups is 1. The summed E-state index contributed by atoms with van der Waals surface area (Å²) in [6.45, 7) is 2.76. The van der Waals surface area contributed by atoms with Gasteiger partial charge in [-0.05, 0) is 44.4 Å². The van der Waals surface area contributed by atoms with Crippen LogP contribution in [0.25, 0.3) is 0 Å². The molecule has 104 valence electrons. The number of hydrogen-bond acceptors (Lipinski definition) is 3. The second kappa shape index (κ2) is 5.57. The van der Waals surface area contributed by atoms with Crippen molar-refractivity contribution in [1.29, 1.82) is 0 Å². The average Bonchev–Trinajstić information content (AvgIpc) is 2.28. The van der Waals surface area contributed by atoms with Crippen molar-refractivity contribution in [2.45, 2.75) is 63.5 Å². The zero-order valence-corrected chi connectivity index (χ0v) is 11.2. The lowest BCUT2D eigenvalue weighted by molar-refractivity contribution is -0.146. The molecule has 4 heteroatoms. The summed E-state index contributed by atoms with van der Waals surface area (Å²) in [7, 11) is 0. The summed E-state index contributed by atoms with van der Waals surface area (Å²) in [6.07, 6.45) is 6.79. The van der Waals surface area contributed by atoms with Crippen molar-refractivity contribution in [3.8, 4) is 0 Å². The maximum absolute atomic E-state index is 10.9. The van der Waals surface area contributed by atoms with Crippen LogP contribution in [0.15, 0.2) is 0 Å². The van der Waals surface area contributed by atoms with Crippen LogP contribution in [0.5, 0.6) is 0 Å². The Morgan fingerprint density at radius 2 is 1.94 bits per heavy atom. The minimum atomic E-state index is -0.708. The van der Waals surface area contributed by atoms with Gasteiger partial charge in [0.1, 0.15) is 0 Å². The lowest BCUT2D eigenvalue weighted by atomic mass is 9.76. The highest BCUT2D eigenvalue weighted by molar-refractivity contribution is 5.72. The largest absolute Gasteiger partial charge is 0.481 e. The number of rotatable bonds is 5. The van der Waals surface area contributed by atoms with Gasteiger partial charge in [0.2, 0.25) is 0 Å². The number of aliphatic carboxylic acids is 1. The van der Waals surface area contributed by atoms with Crippen molar-refractivity contribution in [2.24, 2.45) is 11.8 Å². The molecule has 4 nitrogen and oxygen atoms in total. The molecule has 0 aromatic carbocycles. The predicted molar refractivity (Wildman–Crippen MR) is 69.3 cm³/mol. The van der Waals surface area contributed by atoms with E-state index >= 15 is 0 Å². The van der Waals surface area contributed by atoms with Crippen LogP contribution >= 0.6 is 0 Å². The molecule has 0 spiro atoms. The maximum Gasteiger partial charge on any atom is 0.308 e. The second-order valence-electron chi connectivity index (χ2n) is 6.09. The fraction of sp³-hybridized carbons (Fsp3) is 0.929. The van der Waals surface area contributed by atoms with Gasteiger partial charge in [-0.15, -0.1) is 0 Å². The van der Waals surface area contributed by atoms with Crippen LogP contribution < -0.4 is 5.32 Å². The van der Waals surface area contributed by atoms with Crippen LogP contribution in [0.3, 0.4) is 0 Å². The molecule has 0 amide bonds. The summed E-state index contributed by atoms with van der Waals surface area (Å²) in [4.78, 5) is 10.9. The Balaban J connectivity index is 1.75. The van der Waals surface area contributed by atoms with Gasteiger partial charge in [-0.3, -0.25) is 4.79 Å². The smallest absolute Gasteiger partial charge is 0.308 e. The Kier molecular flexibility index (Phi) is 4.28. The van der Waals surface area contributed by atoms with Gasteiger partial charge in [0.25, 0.3) is 0 Å². The molecule has 3 N–H and O–H groups in total. The minimum Gasteiger partial charge on any atom is -0.481 e. The van der Waals surface area contributed by atoms with E-state index in [1.165, 1.54) is 6.42 Å². The monoisotopic (exact) mass is 255 g/mol. The molecule has 18 heavy (non-hydrogen) atoms. The zero-order chi connectivity index (χ0) is 13.2. The lowest BCUT2D eigenvalue weighted by Gasteiger charge is -2.40. The first-order valence-corrected chi connectivity index (χ1v) is 7.22. The molecule has 2 aliphatic carbocycles. The first-order valence-electron chi connectivity index (χ1n) is 7.22. The SMILES string of the molecule is CCC1CCC(O)(CNC2CCC2C(=O)O)CC1. The Hall–Kier alpha value is -0.610. The fourth-order valence-electron chi connectivity index (χ4n) is 3.16. The Bertz CT molecular complexity index is 297. The Morgan fingerprint density at radius 1 is 1.28 bits per heavy atom. The topological polar surface area (TPSA) is 69.6 Å². The molecule has 0 radical (unpaired) electrons. The molecule has 0 aliphatic heterocycles. The van der Waals surface area contributed by atoms with E-state index < -0.39 is 11.6 Å². The Labute approximate surface area is 109 Å². The van der Waals surface area contributed by atoms with Crippen molar-refractivity contribution >= 4 is 5.97 Å². The van der Waals surface area contributed by atoms with Gasteiger partial charge in [-0.1, -0.05) is 13.3 Å². The van der Waals surface area contributed by atoms with Gasteiger partial charge < -0.3 is 15.5 Å². The fourth-order valence-corrected chi connectivity index (χ4v) is 3.16. The molecule has 0 aromatic rings. The first-order chi connectivity index (χ1) is 8.54. The van der Waals surface area contributed by atoms with Crippen LogP contribution in [0.2, 0.25) is 0 Å². The van der Waals surface area contributed by atoms with Gasteiger partial charge in [-0.2, -0.15) is 0 Å². The average molecular weight is 255 g/mol. The zero-order valence-electron chi connectivity index (χ0n) is 11.2. The summed E-state index contributed by atoms with van der Waals surface area (Å²) in [6, 6.07) is 0.0652. The van der Waals surface area contributed by atoms with Gasteiger partial charge in [0.05, 0.1) is 11.5 Å². The summed E-state index contributed by atoms with van der Waals surface area (Å²) in [5, 5.41) is 22.7. The van der Waals surface area contributed by atoms with Crippen molar-refractivity contribution in [2.75, 3.05) is 6.54 Å². The van der Waals surface area contributed by atoms with E-state index in [1.54, 1.807) is 0 Å². The third-order valence-electron chi connectivity index (χ3n) is 4.90. The summed E-state index contributed by atoms with van der Waals surface area (Å²) < 4.78 is 0. The van der Waals surface area contributed by atoms with Gasteiger partial charge in [-0.25, -0.2) is 0 Å². The number of carboxylic acids is 1. The summed E-state index contributed by atoms with van der Waals surface area (Å²) in [5.41, 5.74) is -0.607. The Morgan fingerprint density at radius 3 is 2.39 bits per heavy atom. The van der Waals surface area contributed by atoms with Gasteiger partial charge >= 0.3 is 5.97 Å². The molecular weight excluding hydrogens is 230 g/mol. The number of aliphatic hydroxyl groups is 1. The quantitative estimate of drug-likeness (QED) is 0.700. The van der Waals surface area contributed by atoms with E-state index in [0.29, 0.717) is 6.54 Å². The van der Waals surface area contributed by atoms with E-state index in [1.807, 2.05) is 0 Å². The standard InChI is InChI=1S/C14H25NO3/c1-2-10-5-7-14(18,8-6-10)9-15-12-4-3-11(12)13(16)17/h10-12,15,18H,2-9H2,1H3,(H,16,17). The minimum absolute atomic E-state index is 0.0652. The van der Waals surface area contributed by atoms with E-state index in [2.05, 4.69) is 12.2 Å². The highest BCUT2D eigenvalue weighted by Gasteiger charge is 2.39. The highest BCUT2D eigenvalue weighted by atomic mass is 16.4. The predicted octanol–water partition coefficient (Wildman–Crippen LogP) is 1.77. The summed E-state index contributed by atoms with van der Waals surface area (Å²) in [5.74, 6) is -0.193. The van der Waals surface area contributed by atoms with Crippen molar-refractivity contribution < 1.29 is 15.0 Å². The molecule has 0 heterocycles. The molecule has 2 fully saturated rings. The summed E-state index contributed by atoms with van der Waals surface area (Å²) >= 11 is 0. The van der Waals surface area contributed by atoms with E-state index in [4.69, 9.17) is 5.11 Å². The second-order valence-corrected chi connectivity index (χ2v) is 6.09. The molecule has 2 rings (SSSR count). The van der Waals surface area contributed by atoms with Crippen LogP contribution in [0, 0.1) is 11.8 Å². The molecule has 2 unspecified atom stereocenters. The van der Waals surface area contributed by atoms with Gasteiger partial charge in [0, 0.05) is 12.6 Å². The maximum atomic E-state index is 10.9. The molecule has 2 saturated carbocycles. The number of hydrogen-bond donors (Lipinski definition) is 3. The van der Waals surface area contributed by atoms with Crippen molar-refractivity contribution in [1.82, 2.24) is 5.32 Å². The van der Waals surface area contributed by atoms with Crippen molar-refractivity contribution in [3.63, 3.8) is 0 Å².